The average molecular weight is 1560 g/mol. The summed E-state index contributed by atoms with van der Waals surface area (Å²) >= 11 is 0. The first-order valence-corrected chi connectivity index (χ1v) is 40.7. The van der Waals surface area contributed by atoms with E-state index in [1.807, 2.05) is 6.92 Å². The first kappa shape index (κ1) is 90.9. The standard InChI is InChI=1S/C95H128N10O9/c1-57-14-26-67(27-15-57)63(7)42-74(69-30-18-59(3)19-31-69)46-75(73-38-40-86(41-39-73)105(11,12)13)47-76(70-32-20-60(4)21-33-70)48-77(71-34-22-61(5)23-35-71)49-78(72-36-24-62(6)25-37-72)50-84(43-64(8)68-28-16-58(2)17-29-68)94(113)103-56-104-95(114)85(54-80(90(99)109)45-66(10)88(97)107)55-83(93(102)112)53-82(92(101)111)52-81(91(100)110)51-79(89(98)108)44-65(9)87(96)106/h14-41,63-66,74-85H,42-56H2,1-13H3,(H15-,96,97,98,99,100,101,102,103,104,106,107,108,109,110,111,112,113,114)/p+1. The molecule has 16 N–H and O–H groups in total. The fourth-order valence-corrected chi connectivity index (χ4v) is 16.6. The van der Waals surface area contributed by atoms with Gasteiger partial charge in [0.05, 0.1) is 27.8 Å². The average Bonchev–Trinajstić information content (AvgIpc) is 0.807. The van der Waals surface area contributed by atoms with E-state index in [0.29, 0.717) is 29.7 Å². The molecule has 16 atom stereocenters. The number of carbonyl (C=O) groups is 9. The third kappa shape index (κ3) is 28.1. The van der Waals surface area contributed by atoms with Crippen LogP contribution in [0.4, 0.5) is 5.69 Å². The summed E-state index contributed by atoms with van der Waals surface area (Å²) in [5.74, 6) is -16.2. The highest BCUT2D eigenvalue weighted by atomic mass is 16.2. The Bertz CT molecular complexity index is 4310. The van der Waals surface area contributed by atoms with E-state index in [1.54, 1.807) is 0 Å². The van der Waals surface area contributed by atoms with Gasteiger partial charge in [-0.15, -0.1) is 0 Å². The Morgan fingerprint density at radius 1 is 0.254 bits per heavy atom. The maximum Gasteiger partial charge on any atom is 0.224 e. The summed E-state index contributed by atoms with van der Waals surface area (Å²) in [5.41, 5.74) is 57.7. The number of quaternary nitrogens is 1. The zero-order valence-corrected chi connectivity index (χ0v) is 69.7. The molecular weight excluding hydrogens is 1430 g/mol. The molecule has 7 rings (SSSR count). The highest BCUT2D eigenvalue weighted by Crippen LogP contribution is 2.48. The number of nitrogens with one attached hydrogen (secondary N) is 2. The fourth-order valence-electron chi connectivity index (χ4n) is 16.6. The van der Waals surface area contributed by atoms with Crippen molar-refractivity contribution in [3.05, 3.63) is 242 Å². The monoisotopic (exact) mass is 1550 g/mol. The van der Waals surface area contributed by atoms with Crippen molar-refractivity contribution in [1.82, 2.24) is 15.1 Å². The number of hydrogen-bond donors (Lipinski definition) is 9. The van der Waals surface area contributed by atoms with Gasteiger partial charge in [-0.2, -0.15) is 0 Å². The molecule has 9 amide bonds. The van der Waals surface area contributed by atoms with Crippen LogP contribution < -0.4 is 55.3 Å². The van der Waals surface area contributed by atoms with Gasteiger partial charge in [-0.1, -0.05) is 219 Å². The van der Waals surface area contributed by atoms with E-state index in [1.165, 1.54) is 64.0 Å². The Morgan fingerprint density at radius 3 is 0.719 bits per heavy atom. The van der Waals surface area contributed by atoms with Crippen LogP contribution in [0.2, 0.25) is 0 Å². The molecule has 0 aromatic heterocycles. The maximum absolute atomic E-state index is 15.7. The number of aryl methyl sites for hydroxylation is 6. The van der Waals surface area contributed by atoms with Crippen molar-refractivity contribution in [2.24, 2.45) is 93.4 Å². The molecule has 0 bridgehead atoms. The number of nitrogens with two attached hydrogens (primary N) is 7. The van der Waals surface area contributed by atoms with Crippen LogP contribution in [0.15, 0.2) is 170 Å². The molecule has 114 heavy (non-hydrogen) atoms. The van der Waals surface area contributed by atoms with Crippen LogP contribution in [-0.4, -0.2) is 81.0 Å². The number of nitrogens with zero attached hydrogens (tertiary/aromatic N) is 1. The van der Waals surface area contributed by atoms with Crippen molar-refractivity contribution in [2.45, 2.75) is 201 Å². The van der Waals surface area contributed by atoms with Crippen molar-refractivity contribution in [3.63, 3.8) is 0 Å². The molecule has 0 heterocycles. The van der Waals surface area contributed by atoms with E-state index in [9.17, 15) is 33.6 Å². The van der Waals surface area contributed by atoms with E-state index >= 15 is 9.59 Å². The van der Waals surface area contributed by atoms with Gasteiger partial charge in [0.15, 0.2) is 0 Å². The summed E-state index contributed by atoms with van der Waals surface area (Å²) in [5, 5.41) is 5.97. The SMILES string of the molecule is Cc1ccc(C(C)CC(CC(CC(CC(CC(CC(CC(C)c2ccc(C)cc2)c2ccc(C)cc2)c2ccc([N+](C)(C)C)cc2)c2ccc(C)cc2)c2ccc(C)cc2)c2ccc(C)cc2)C(=O)NCNC(=O)C(CC(CC(C)C(N)=O)C(N)=O)CC(CC(CC(CC(CC(C)C(N)=O)C(N)=O)C(N)=O)C(N)=O)C(N)=O)cc1. The van der Waals surface area contributed by atoms with Gasteiger partial charge in [0.25, 0.3) is 0 Å². The molecule has 612 valence electrons. The summed E-state index contributed by atoms with van der Waals surface area (Å²) in [6.45, 7) is 19.8. The Hall–Kier alpha value is -10.3. The summed E-state index contributed by atoms with van der Waals surface area (Å²) < 4.78 is 0.686. The van der Waals surface area contributed by atoms with Crippen LogP contribution in [0, 0.1) is 94.8 Å². The van der Waals surface area contributed by atoms with E-state index in [-0.39, 0.29) is 79.9 Å². The third-order valence-electron chi connectivity index (χ3n) is 24.1. The van der Waals surface area contributed by atoms with Crippen molar-refractivity contribution in [3.8, 4) is 0 Å². The highest BCUT2D eigenvalue weighted by Gasteiger charge is 2.39. The van der Waals surface area contributed by atoms with E-state index < -0.39 is 114 Å². The molecule has 0 aliphatic carbocycles. The Labute approximate surface area is 677 Å². The highest BCUT2D eigenvalue weighted by molar-refractivity contribution is 5.86. The predicted octanol–water partition coefficient (Wildman–Crippen LogP) is 14.2. The molecule has 0 saturated carbocycles. The van der Waals surface area contributed by atoms with Gasteiger partial charge in [-0.3, -0.25) is 47.6 Å². The van der Waals surface area contributed by atoms with E-state index in [4.69, 9.17) is 40.1 Å². The molecule has 7 aromatic carbocycles. The molecule has 0 fully saturated rings. The van der Waals surface area contributed by atoms with Crippen LogP contribution in [-0.2, 0) is 43.2 Å². The molecule has 16 unspecified atom stereocenters. The lowest BCUT2D eigenvalue weighted by molar-refractivity contribution is -0.130. The minimum absolute atomic E-state index is 0.0202. The summed E-state index contributed by atoms with van der Waals surface area (Å²) in [6.07, 6.45) is 3.08. The van der Waals surface area contributed by atoms with Gasteiger partial charge in [-0.05, 0) is 224 Å². The third-order valence-corrected chi connectivity index (χ3v) is 24.1. The quantitative estimate of drug-likeness (QED) is 0.0129. The second-order valence-electron chi connectivity index (χ2n) is 34.4. The zero-order chi connectivity index (χ0) is 83.8. The minimum Gasteiger partial charge on any atom is -0.369 e. The first-order chi connectivity index (χ1) is 53.8. The molecule has 0 spiro atoms. The fraction of sp³-hybridized carbons (Fsp3) is 0.463. The van der Waals surface area contributed by atoms with E-state index in [2.05, 4.69) is 250 Å². The lowest BCUT2D eigenvalue weighted by Gasteiger charge is -2.34. The van der Waals surface area contributed by atoms with Crippen molar-refractivity contribution in [2.75, 3.05) is 27.8 Å². The van der Waals surface area contributed by atoms with E-state index in [0.717, 1.165) is 53.5 Å². The number of hydrogen-bond acceptors (Lipinski definition) is 9. The number of benzene rings is 7. The van der Waals surface area contributed by atoms with Gasteiger partial charge in [0.1, 0.15) is 5.69 Å². The van der Waals surface area contributed by atoms with Gasteiger partial charge in [-0.25, -0.2) is 0 Å². The minimum atomic E-state index is -1.32. The smallest absolute Gasteiger partial charge is 0.224 e. The van der Waals surface area contributed by atoms with Crippen LogP contribution in [0.25, 0.3) is 0 Å². The predicted molar refractivity (Wildman–Crippen MR) is 457 cm³/mol. The van der Waals surface area contributed by atoms with Crippen LogP contribution >= 0.6 is 0 Å². The van der Waals surface area contributed by atoms with Crippen molar-refractivity contribution in [1.29, 1.82) is 0 Å². The van der Waals surface area contributed by atoms with Gasteiger partial charge in [0.2, 0.25) is 53.2 Å². The largest absolute Gasteiger partial charge is 0.369 e. The molecule has 0 saturated heterocycles. The number of amides is 9. The molecule has 0 radical (unpaired) electrons. The lowest BCUT2D eigenvalue weighted by Crippen LogP contribution is -2.44. The van der Waals surface area contributed by atoms with Crippen LogP contribution in [0.3, 0.4) is 0 Å². The molecular formula is C95H129N10O9+. The van der Waals surface area contributed by atoms with Crippen LogP contribution in [0.1, 0.15) is 231 Å². The normalized spacial score (nSPS) is 15.9. The second kappa shape index (κ2) is 42.7. The molecule has 0 aliphatic rings. The van der Waals surface area contributed by atoms with Gasteiger partial charge >= 0.3 is 0 Å². The van der Waals surface area contributed by atoms with Crippen LogP contribution in [0.5, 0.6) is 0 Å². The second-order valence-corrected chi connectivity index (χ2v) is 34.4. The summed E-state index contributed by atoms with van der Waals surface area (Å²) in [7, 11) is 6.61. The van der Waals surface area contributed by atoms with Gasteiger partial charge in [0, 0.05) is 53.3 Å². The molecule has 19 nitrogen and oxygen atoms in total. The molecule has 19 heteroatoms. The molecule has 0 aliphatic heterocycles. The number of rotatable bonds is 47. The Balaban J connectivity index is 1.27. The lowest BCUT2D eigenvalue weighted by atomic mass is 9.71. The Morgan fingerprint density at radius 2 is 0.465 bits per heavy atom. The van der Waals surface area contributed by atoms with Crippen molar-refractivity contribution >= 4 is 58.9 Å². The first-order valence-electron chi connectivity index (χ1n) is 40.7. The topological polar surface area (TPSA) is 360 Å². The van der Waals surface area contributed by atoms with Crippen molar-refractivity contribution < 1.29 is 43.2 Å². The number of carbonyl (C=O) groups excluding carboxylic acids is 9. The Kier molecular flexibility index (Phi) is 34.1. The summed E-state index contributed by atoms with van der Waals surface area (Å²) in [6, 6.07) is 62.7. The zero-order valence-electron chi connectivity index (χ0n) is 69.7. The van der Waals surface area contributed by atoms with Gasteiger partial charge < -0.3 is 50.8 Å². The summed E-state index contributed by atoms with van der Waals surface area (Å²) in [4.78, 5) is 121. The number of primary amides is 7. The maximum atomic E-state index is 15.7. The molecule has 7 aromatic rings.